The Morgan fingerprint density at radius 3 is 2.46 bits per heavy atom. The number of piperidine rings is 1. The second-order valence-electron chi connectivity index (χ2n) is 6.80. The molecule has 1 heterocycles. The zero-order valence-corrected chi connectivity index (χ0v) is 13.6. The predicted octanol–water partition coefficient (Wildman–Crippen LogP) is 3.32. The Morgan fingerprint density at radius 1 is 1.17 bits per heavy atom. The maximum atomic E-state index is 13.0. The molecule has 1 aliphatic heterocycles. The molecule has 2 atom stereocenters. The molecule has 3 nitrogen and oxygen atoms in total. The summed E-state index contributed by atoms with van der Waals surface area (Å²) in [5.41, 5.74) is 1.02. The van der Waals surface area contributed by atoms with Crippen LogP contribution in [0.3, 0.4) is 0 Å². The second-order valence-corrected chi connectivity index (χ2v) is 6.80. The smallest absolute Gasteiger partial charge is 0.331 e. The van der Waals surface area contributed by atoms with E-state index in [-0.39, 0.29) is 18.5 Å². The van der Waals surface area contributed by atoms with Crippen LogP contribution >= 0.6 is 0 Å². The first kappa shape index (κ1) is 17.3. The Kier molecular flexibility index (Phi) is 5.13. The third-order valence-corrected chi connectivity index (χ3v) is 5.13. The van der Waals surface area contributed by atoms with Crippen LogP contribution in [0, 0.1) is 5.92 Å². The first-order valence-corrected chi connectivity index (χ1v) is 8.60. The van der Waals surface area contributed by atoms with Gasteiger partial charge in [-0.2, -0.15) is 13.2 Å². The van der Waals surface area contributed by atoms with E-state index in [4.69, 9.17) is 0 Å². The van der Waals surface area contributed by atoms with Crippen LogP contribution in [0.25, 0.3) is 0 Å². The molecule has 0 unspecified atom stereocenters. The van der Waals surface area contributed by atoms with E-state index in [0.717, 1.165) is 36.4 Å². The summed E-state index contributed by atoms with van der Waals surface area (Å²) in [6, 6.07) is 9.19. The van der Waals surface area contributed by atoms with E-state index in [9.17, 15) is 18.0 Å². The zero-order chi connectivity index (χ0) is 17.2. The summed E-state index contributed by atoms with van der Waals surface area (Å²) in [5, 5.41) is 3.25. The lowest BCUT2D eigenvalue weighted by molar-refractivity contribution is -0.186. The molecule has 0 bridgehead atoms. The van der Waals surface area contributed by atoms with Crippen LogP contribution in [0.4, 0.5) is 13.2 Å². The highest BCUT2D eigenvalue weighted by Crippen LogP contribution is 2.46. The van der Waals surface area contributed by atoms with Crippen molar-refractivity contribution in [1.82, 2.24) is 10.2 Å². The number of hydrogen-bond donors (Lipinski definition) is 1. The van der Waals surface area contributed by atoms with Gasteiger partial charge in [0.25, 0.3) is 0 Å². The van der Waals surface area contributed by atoms with Gasteiger partial charge in [0.15, 0.2) is 0 Å². The molecule has 2 aliphatic rings. The molecule has 2 fully saturated rings. The second kappa shape index (κ2) is 7.13. The van der Waals surface area contributed by atoms with E-state index in [0.29, 0.717) is 18.8 Å². The van der Waals surface area contributed by atoms with Gasteiger partial charge in [0.1, 0.15) is 0 Å². The maximum absolute atomic E-state index is 13.0. The van der Waals surface area contributed by atoms with Crippen molar-refractivity contribution < 1.29 is 18.0 Å². The molecular weight excluding hydrogens is 317 g/mol. The molecule has 1 amide bonds. The van der Waals surface area contributed by atoms with Crippen molar-refractivity contribution in [3.05, 3.63) is 35.9 Å². The number of rotatable bonds is 5. The highest BCUT2D eigenvalue weighted by atomic mass is 19.4. The van der Waals surface area contributed by atoms with Crippen LogP contribution in [-0.4, -0.2) is 42.7 Å². The van der Waals surface area contributed by atoms with Gasteiger partial charge in [-0.05, 0) is 50.3 Å². The number of carbonyl (C=O) groups is 1. The minimum Gasteiger partial charge on any atom is -0.331 e. The Hall–Kier alpha value is -1.56. The molecule has 1 N–H and O–H groups in total. The summed E-state index contributed by atoms with van der Waals surface area (Å²) in [4.78, 5) is 13.0. The molecule has 1 aliphatic carbocycles. The van der Waals surface area contributed by atoms with Crippen molar-refractivity contribution in [1.29, 1.82) is 0 Å². The van der Waals surface area contributed by atoms with Gasteiger partial charge in [-0.25, -0.2) is 0 Å². The molecule has 6 heteroatoms. The summed E-state index contributed by atoms with van der Waals surface area (Å²) in [6.45, 7) is 2.03. The predicted molar refractivity (Wildman–Crippen MR) is 85.6 cm³/mol. The fourth-order valence-electron chi connectivity index (χ4n) is 3.66. The number of halogens is 3. The maximum Gasteiger partial charge on any atom is 0.471 e. The van der Waals surface area contributed by atoms with Gasteiger partial charge in [-0.3, -0.25) is 4.79 Å². The number of benzene rings is 1. The van der Waals surface area contributed by atoms with Gasteiger partial charge in [-0.1, -0.05) is 30.3 Å². The number of nitrogens with one attached hydrogen (secondary N) is 1. The number of nitrogens with zero attached hydrogens (tertiary/aromatic N) is 1. The minimum atomic E-state index is -4.79. The van der Waals surface area contributed by atoms with E-state index in [1.165, 1.54) is 0 Å². The van der Waals surface area contributed by atoms with Crippen molar-refractivity contribution in [2.75, 3.05) is 19.6 Å². The fraction of sp³-hybridized carbons (Fsp3) is 0.611. The number of amides is 1. The molecule has 0 aromatic heterocycles. The lowest BCUT2D eigenvalue weighted by atomic mass is 9.94. The minimum absolute atomic E-state index is 0.0329. The molecule has 1 saturated heterocycles. The van der Waals surface area contributed by atoms with Gasteiger partial charge < -0.3 is 10.2 Å². The Balaban J connectivity index is 1.65. The molecule has 24 heavy (non-hydrogen) atoms. The molecular formula is C18H23F3N2O. The normalized spacial score (nSPS) is 24.6. The molecule has 1 saturated carbocycles. The highest BCUT2D eigenvalue weighted by Gasteiger charge is 2.51. The zero-order valence-electron chi connectivity index (χ0n) is 13.6. The van der Waals surface area contributed by atoms with E-state index < -0.39 is 12.1 Å². The summed E-state index contributed by atoms with van der Waals surface area (Å²) in [7, 11) is 0. The van der Waals surface area contributed by atoms with E-state index in [2.05, 4.69) is 5.32 Å². The van der Waals surface area contributed by atoms with Crippen LogP contribution in [0.15, 0.2) is 30.3 Å². The first-order valence-electron chi connectivity index (χ1n) is 8.60. The van der Waals surface area contributed by atoms with Crippen LogP contribution in [-0.2, 0) is 4.79 Å². The van der Waals surface area contributed by atoms with E-state index in [1.807, 2.05) is 30.3 Å². The van der Waals surface area contributed by atoms with Gasteiger partial charge in [0.2, 0.25) is 0 Å². The summed E-state index contributed by atoms with van der Waals surface area (Å²) < 4.78 is 38.9. The Bertz CT molecular complexity index is 555. The number of hydrogen-bond acceptors (Lipinski definition) is 2. The average Bonchev–Trinajstić information content (AvgIpc) is 3.36. The number of carbonyl (C=O) groups excluding carboxylic acids is 1. The molecule has 132 valence electrons. The SMILES string of the molecule is O=C(N(CCC1CCNCC1)[C@@H]1C[C@H]1c1ccccc1)C(F)(F)F. The average molecular weight is 340 g/mol. The van der Waals surface area contributed by atoms with Crippen LogP contribution < -0.4 is 5.32 Å². The molecule has 1 aromatic carbocycles. The molecule has 0 radical (unpaired) electrons. The summed E-state index contributed by atoms with van der Waals surface area (Å²) in [5.74, 6) is -1.24. The molecule has 3 rings (SSSR count). The quantitative estimate of drug-likeness (QED) is 0.892. The first-order chi connectivity index (χ1) is 11.5. The standard InChI is InChI=1S/C18H23F3N2O/c19-18(20,21)17(24)23(11-8-13-6-9-22-10-7-13)16-12-15(16)14-4-2-1-3-5-14/h1-5,13,15-16,22H,6-12H2/t15-,16+/m0/s1. The topological polar surface area (TPSA) is 32.3 Å². The molecule has 1 aromatic rings. The third-order valence-electron chi connectivity index (χ3n) is 5.13. The third kappa shape index (κ3) is 4.09. The molecule has 0 spiro atoms. The van der Waals surface area contributed by atoms with Crippen molar-refractivity contribution in [3.63, 3.8) is 0 Å². The Morgan fingerprint density at radius 2 is 1.83 bits per heavy atom. The summed E-state index contributed by atoms with van der Waals surface area (Å²) >= 11 is 0. The summed E-state index contributed by atoms with van der Waals surface area (Å²) in [6.07, 6.45) is -1.57. The van der Waals surface area contributed by atoms with Crippen LogP contribution in [0.1, 0.15) is 37.2 Å². The van der Waals surface area contributed by atoms with Crippen molar-refractivity contribution in [3.8, 4) is 0 Å². The lowest BCUT2D eigenvalue weighted by Gasteiger charge is -2.28. The van der Waals surface area contributed by atoms with Crippen molar-refractivity contribution >= 4 is 5.91 Å². The lowest BCUT2D eigenvalue weighted by Crippen LogP contribution is -2.44. The monoisotopic (exact) mass is 340 g/mol. The van der Waals surface area contributed by atoms with Gasteiger partial charge in [-0.15, -0.1) is 0 Å². The largest absolute Gasteiger partial charge is 0.471 e. The van der Waals surface area contributed by atoms with E-state index in [1.54, 1.807) is 0 Å². The van der Waals surface area contributed by atoms with Gasteiger partial charge in [0.05, 0.1) is 0 Å². The van der Waals surface area contributed by atoms with Crippen LogP contribution in [0.5, 0.6) is 0 Å². The Labute approximate surface area is 140 Å². The van der Waals surface area contributed by atoms with Crippen molar-refractivity contribution in [2.45, 2.75) is 43.8 Å². The fourth-order valence-corrected chi connectivity index (χ4v) is 3.66. The van der Waals surface area contributed by atoms with Gasteiger partial charge in [0, 0.05) is 18.5 Å². The van der Waals surface area contributed by atoms with Crippen LogP contribution in [0.2, 0.25) is 0 Å². The highest BCUT2D eigenvalue weighted by molar-refractivity contribution is 5.82. The van der Waals surface area contributed by atoms with Crippen molar-refractivity contribution in [2.24, 2.45) is 5.92 Å². The van der Waals surface area contributed by atoms with Gasteiger partial charge >= 0.3 is 12.1 Å². The van der Waals surface area contributed by atoms with E-state index >= 15 is 0 Å². The number of alkyl halides is 3.